The summed E-state index contributed by atoms with van der Waals surface area (Å²) < 4.78 is 7.43. The largest absolute Gasteiger partial charge is 0.379 e. The Kier molecular flexibility index (Phi) is 6.04. The Labute approximate surface area is 152 Å². The van der Waals surface area contributed by atoms with Crippen LogP contribution in [0, 0.1) is 0 Å². The zero-order chi connectivity index (χ0) is 18.5. The number of hydrogen-bond donors (Lipinski definition) is 2. The molecule has 1 unspecified atom stereocenters. The Balaban J connectivity index is 1.61. The Morgan fingerprint density at radius 2 is 2.04 bits per heavy atom. The summed E-state index contributed by atoms with van der Waals surface area (Å²) in [6.45, 7) is 5.28. The highest BCUT2D eigenvalue weighted by Gasteiger charge is 2.28. The highest BCUT2D eigenvalue weighted by Crippen LogP contribution is 2.26. The van der Waals surface area contributed by atoms with Crippen LogP contribution in [0.1, 0.15) is 30.4 Å². The molecular formula is C16H27N7O3. The molecule has 0 radical (unpaired) electrons. The highest BCUT2D eigenvalue weighted by atomic mass is 16.5. The van der Waals surface area contributed by atoms with Crippen molar-refractivity contribution in [2.45, 2.75) is 25.3 Å². The predicted molar refractivity (Wildman–Crippen MR) is 93.2 cm³/mol. The molecule has 10 heteroatoms. The van der Waals surface area contributed by atoms with Crippen molar-refractivity contribution in [3.8, 4) is 0 Å². The molecule has 1 aromatic rings. The SMILES string of the molecule is Cn1c(CN2CCOCC2)nnc1C1CCCN(C(=O)CNC(N)=O)C1. The van der Waals surface area contributed by atoms with Gasteiger partial charge in [-0.15, -0.1) is 10.2 Å². The van der Waals surface area contributed by atoms with E-state index in [4.69, 9.17) is 10.5 Å². The summed E-state index contributed by atoms with van der Waals surface area (Å²) in [5.74, 6) is 1.87. The molecule has 26 heavy (non-hydrogen) atoms. The van der Waals surface area contributed by atoms with Gasteiger partial charge >= 0.3 is 6.03 Å². The van der Waals surface area contributed by atoms with E-state index < -0.39 is 6.03 Å². The first kappa shape index (κ1) is 18.6. The van der Waals surface area contributed by atoms with Gasteiger partial charge in [0.25, 0.3) is 0 Å². The van der Waals surface area contributed by atoms with Crippen LogP contribution in [-0.2, 0) is 23.1 Å². The lowest BCUT2D eigenvalue weighted by molar-refractivity contribution is -0.131. The fourth-order valence-electron chi connectivity index (χ4n) is 3.52. The number of urea groups is 1. The van der Waals surface area contributed by atoms with Crippen molar-refractivity contribution in [2.24, 2.45) is 12.8 Å². The van der Waals surface area contributed by atoms with E-state index in [1.807, 2.05) is 7.05 Å². The number of hydrogen-bond acceptors (Lipinski definition) is 6. The number of aromatic nitrogens is 3. The van der Waals surface area contributed by atoms with Crippen molar-refractivity contribution in [3.63, 3.8) is 0 Å². The lowest BCUT2D eigenvalue weighted by Crippen LogP contribution is -2.45. The maximum absolute atomic E-state index is 12.2. The third-order valence-electron chi connectivity index (χ3n) is 5.02. The number of likely N-dealkylation sites (tertiary alicyclic amines) is 1. The van der Waals surface area contributed by atoms with Gasteiger partial charge in [-0.1, -0.05) is 0 Å². The minimum atomic E-state index is -0.687. The van der Waals surface area contributed by atoms with Crippen LogP contribution < -0.4 is 11.1 Å². The predicted octanol–water partition coefficient (Wildman–Crippen LogP) is -0.978. The van der Waals surface area contributed by atoms with Crippen LogP contribution in [0.3, 0.4) is 0 Å². The minimum Gasteiger partial charge on any atom is -0.379 e. The van der Waals surface area contributed by atoms with E-state index in [1.165, 1.54) is 0 Å². The number of nitrogens with two attached hydrogens (primary N) is 1. The molecule has 2 fully saturated rings. The molecule has 3 heterocycles. The standard InChI is InChI=1S/C16H27N7O3/c1-21-13(11-22-5-7-26-8-6-22)19-20-15(21)12-3-2-4-23(10-12)14(24)9-18-16(17)25/h12H,2-11H2,1H3,(H3,17,18,25). The van der Waals surface area contributed by atoms with E-state index in [0.29, 0.717) is 13.1 Å². The fourth-order valence-corrected chi connectivity index (χ4v) is 3.52. The quantitative estimate of drug-likeness (QED) is 0.692. The van der Waals surface area contributed by atoms with Gasteiger partial charge in [-0.2, -0.15) is 0 Å². The van der Waals surface area contributed by atoms with Crippen LogP contribution in [0.5, 0.6) is 0 Å². The zero-order valence-electron chi connectivity index (χ0n) is 15.2. The molecule has 2 aliphatic rings. The molecule has 3 rings (SSSR count). The summed E-state index contributed by atoms with van der Waals surface area (Å²) in [7, 11) is 1.99. The number of piperidine rings is 1. The van der Waals surface area contributed by atoms with Gasteiger partial charge in [0.1, 0.15) is 11.6 Å². The van der Waals surface area contributed by atoms with Gasteiger partial charge < -0.3 is 25.3 Å². The number of primary amides is 1. The maximum Gasteiger partial charge on any atom is 0.312 e. The first-order chi connectivity index (χ1) is 12.5. The van der Waals surface area contributed by atoms with E-state index in [-0.39, 0.29) is 18.4 Å². The van der Waals surface area contributed by atoms with Crippen LogP contribution in [0.15, 0.2) is 0 Å². The first-order valence-electron chi connectivity index (χ1n) is 9.04. The molecule has 3 N–H and O–H groups in total. The van der Waals surface area contributed by atoms with Gasteiger partial charge in [0.15, 0.2) is 0 Å². The number of amides is 3. The molecular weight excluding hydrogens is 338 g/mol. The zero-order valence-corrected chi connectivity index (χ0v) is 15.2. The topological polar surface area (TPSA) is 119 Å². The second kappa shape index (κ2) is 8.45. The number of nitrogens with one attached hydrogen (secondary N) is 1. The summed E-state index contributed by atoms with van der Waals surface area (Å²) in [5.41, 5.74) is 5.03. The average Bonchev–Trinajstić information content (AvgIpc) is 3.01. The van der Waals surface area contributed by atoms with Gasteiger partial charge in [0, 0.05) is 39.1 Å². The maximum atomic E-state index is 12.2. The first-order valence-corrected chi connectivity index (χ1v) is 9.04. The third kappa shape index (κ3) is 4.50. The number of carbonyl (C=O) groups excluding carboxylic acids is 2. The molecule has 1 atom stereocenters. The summed E-state index contributed by atoms with van der Waals surface area (Å²) in [6, 6.07) is -0.687. The molecule has 0 saturated carbocycles. The van der Waals surface area contributed by atoms with Crippen molar-refractivity contribution < 1.29 is 14.3 Å². The molecule has 10 nitrogen and oxygen atoms in total. The summed E-state index contributed by atoms with van der Waals surface area (Å²) in [5, 5.41) is 11.1. The van der Waals surface area contributed by atoms with Crippen molar-refractivity contribution in [3.05, 3.63) is 11.6 Å². The van der Waals surface area contributed by atoms with Gasteiger partial charge in [0.2, 0.25) is 5.91 Å². The monoisotopic (exact) mass is 365 g/mol. The molecule has 144 valence electrons. The Hall–Kier alpha value is -2.20. The van der Waals surface area contributed by atoms with E-state index in [2.05, 4.69) is 25.0 Å². The van der Waals surface area contributed by atoms with E-state index in [9.17, 15) is 9.59 Å². The summed E-state index contributed by atoms with van der Waals surface area (Å²) in [6.07, 6.45) is 1.87. The van der Waals surface area contributed by atoms with E-state index in [0.717, 1.165) is 57.3 Å². The van der Waals surface area contributed by atoms with Crippen LogP contribution >= 0.6 is 0 Å². The second-order valence-corrected chi connectivity index (χ2v) is 6.82. The second-order valence-electron chi connectivity index (χ2n) is 6.82. The molecule has 0 aliphatic carbocycles. The number of carbonyl (C=O) groups is 2. The van der Waals surface area contributed by atoms with Gasteiger partial charge in [-0.05, 0) is 12.8 Å². The molecule has 0 aromatic carbocycles. The molecule has 1 aromatic heterocycles. The van der Waals surface area contributed by atoms with Crippen LogP contribution in [0.2, 0.25) is 0 Å². The van der Waals surface area contributed by atoms with Crippen molar-refractivity contribution in [1.82, 2.24) is 29.9 Å². The lowest BCUT2D eigenvalue weighted by Gasteiger charge is -2.32. The highest BCUT2D eigenvalue weighted by molar-refractivity contribution is 5.83. The van der Waals surface area contributed by atoms with E-state index >= 15 is 0 Å². The third-order valence-corrected chi connectivity index (χ3v) is 5.02. The smallest absolute Gasteiger partial charge is 0.312 e. The summed E-state index contributed by atoms with van der Waals surface area (Å²) >= 11 is 0. The van der Waals surface area contributed by atoms with E-state index in [1.54, 1.807) is 4.90 Å². The lowest BCUT2D eigenvalue weighted by atomic mass is 9.97. The fraction of sp³-hybridized carbons (Fsp3) is 0.750. The number of ether oxygens (including phenoxy) is 1. The van der Waals surface area contributed by atoms with Crippen LogP contribution in [0.25, 0.3) is 0 Å². The van der Waals surface area contributed by atoms with Crippen molar-refractivity contribution in [2.75, 3.05) is 45.9 Å². The molecule has 2 saturated heterocycles. The number of rotatable bonds is 5. The molecule has 3 amide bonds. The van der Waals surface area contributed by atoms with Gasteiger partial charge in [-0.3, -0.25) is 9.69 Å². The van der Waals surface area contributed by atoms with Crippen LogP contribution in [0.4, 0.5) is 4.79 Å². The van der Waals surface area contributed by atoms with Crippen molar-refractivity contribution >= 4 is 11.9 Å². The van der Waals surface area contributed by atoms with Crippen molar-refractivity contribution in [1.29, 1.82) is 0 Å². The molecule has 0 bridgehead atoms. The Bertz CT molecular complexity index is 642. The van der Waals surface area contributed by atoms with Gasteiger partial charge in [0.05, 0.1) is 26.3 Å². The average molecular weight is 365 g/mol. The van der Waals surface area contributed by atoms with Gasteiger partial charge in [-0.25, -0.2) is 4.79 Å². The molecule has 2 aliphatic heterocycles. The molecule has 0 spiro atoms. The number of nitrogens with zero attached hydrogens (tertiary/aromatic N) is 5. The van der Waals surface area contributed by atoms with Crippen LogP contribution in [-0.4, -0.2) is 82.4 Å². The Morgan fingerprint density at radius 1 is 1.27 bits per heavy atom. The minimum absolute atomic E-state index is 0.0663. The summed E-state index contributed by atoms with van der Waals surface area (Å²) in [4.78, 5) is 27.1. The normalized spacial score (nSPS) is 21.6. The Morgan fingerprint density at radius 3 is 2.77 bits per heavy atom. The number of morpholine rings is 1.